The van der Waals surface area contributed by atoms with Crippen molar-refractivity contribution in [2.45, 2.75) is 37.3 Å². The fraction of sp³-hybridized carbons (Fsp3) is 0.579. The summed E-state index contributed by atoms with van der Waals surface area (Å²) in [4.78, 5) is 2.71. The third-order valence-electron chi connectivity index (χ3n) is 6.20. The normalized spacial score (nSPS) is 34.7. The van der Waals surface area contributed by atoms with Gasteiger partial charge in [0.05, 0.1) is 11.6 Å². The van der Waals surface area contributed by atoms with Crippen molar-refractivity contribution in [3.63, 3.8) is 0 Å². The zero-order chi connectivity index (χ0) is 15.4. The second-order valence-electron chi connectivity index (χ2n) is 7.14. The number of hydrogen-bond donors (Lipinski definition) is 0. The van der Waals surface area contributed by atoms with Gasteiger partial charge in [-0.3, -0.25) is 4.90 Å². The summed E-state index contributed by atoms with van der Waals surface area (Å²) in [5.41, 5.74) is 2.96. The molecule has 1 saturated heterocycles. The lowest BCUT2D eigenvalue weighted by Gasteiger charge is -2.45. The average Bonchev–Trinajstić information content (AvgIpc) is 3.15. The Kier molecular flexibility index (Phi) is 3.01. The van der Waals surface area contributed by atoms with E-state index in [1.807, 2.05) is 7.11 Å². The van der Waals surface area contributed by atoms with Crippen molar-refractivity contribution in [3.05, 3.63) is 35.4 Å². The van der Waals surface area contributed by atoms with E-state index in [0.29, 0.717) is 12.7 Å². The lowest BCUT2D eigenvalue weighted by molar-refractivity contribution is 0.0286. The number of fused-ring (bicyclic) bond motifs is 2. The van der Waals surface area contributed by atoms with Crippen LogP contribution in [0.15, 0.2) is 24.3 Å². The summed E-state index contributed by atoms with van der Waals surface area (Å²) >= 11 is 0. The van der Waals surface area contributed by atoms with Crippen molar-refractivity contribution in [2.24, 2.45) is 5.92 Å². The summed E-state index contributed by atoms with van der Waals surface area (Å²) in [6, 6.07) is 4.49. The topological polar surface area (TPSA) is 30.9 Å². The molecular weight excluding hydrogens is 290 g/mol. The van der Waals surface area contributed by atoms with E-state index < -0.39 is 0 Å². The van der Waals surface area contributed by atoms with Gasteiger partial charge in [-0.2, -0.15) is 0 Å². The van der Waals surface area contributed by atoms with Gasteiger partial charge in [-0.15, -0.1) is 0 Å². The summed E-state index contributed by atoms with van der Waals surface area (Å²) in [6.45, 7) is 2.69. The Bertz CT molecular complexity index is 671. The molecule has 1 fully saturated rings. The highest BCUT2D eigenvalue weighted by Crippen LogP contribution is 2.54. The SMILES string of the molecule is COC1C=CC2CCN3CCCc4cc5c(cc4C23C1)OCO5. The summed E-state index contributed by atoms with van der Waals surface area (Å²) < 4.78 is 17.0. The van der Waals surface area contributed by atoms with Crippen LogP contribution in [-0.4, -0.2) is 38.0 Å². The largest absolute Gasteiger partial charge is 0.454 e. The quantitative estimate of drug-likeness (QED) is 0.746. The first-order chi connectivity index (χ1) is 11.3. The number of nitrogens with zero attached hydrogens (tertiary/aromatic N) is 1. The third-order valence-corrected chi connectivity index (χ3v) is 6.20. The van der Waals surface area contributed by atoms with E-state index in [4.69, 9.17) is 14.2 Å². The van der Waals surface area contributed by atoms with Crippen LogP contribution in [0.4, 0.5) is 0 Å². The van der Waals surface area contributed by atoms with E-state index in [1.165, 1.54) is 37.1 Å². The summed E-state index contributed by atoms with van der Waals surface area (Å²) in [7, 11) is 1.82. The third kappa shape index (κ3) is 1.85. The van der Waals surface area contributed by atoms with Crippen molar-refractivity contribution in [1.29, 1.82) is 0 Å². The molecule has 3 atom stereocenters. The molecule has 3 aliphatic heterocycles. The molecule has 0 N–H and O–H groups in total. The van der Waals surface area contributed by atoms with Gasteiger partial charge in [0.2, 0.25) is 6.79 Å². The molecule has 1 spiro atoms. The fourth-order valence-corrected chi connectivity index (χ4v) is 5.14. The number of ether oxygens (including phenoxy) is 3. The molecular formula is C19H23NO3. The van der Waals surface area contributed by atoms with E-state index in [9.17, 15) is 0 Å². The Labute approximate surface area is 137 Å². The molecule has 23 heavy (non-hydrogen) atoms. The van der Waals surface area contributed by atoms with Gasteiger partial charge in [0.1, 0.15) is 0 Å². The highest BCUT2D eigenvalue weighted by atomic mass is 16.7. The summed E-state index contributed by atoms with van der Waals surface area (Å²) in [6.07, 6.45) is 9.47. The van der Waals surface area contributed by atoms with Gasteiger partial charge in [-0.1, -0.05) is 12.2 Å². The molecule has 0 amide bonds. The molecule has 4 aliphatic rings. The molecule has 3 heterocycles. The van der Waals surface area contributed by atoms with Crippen LogP contribution in [0.2, 0.25) is 0 Å². The molecule has 1 aliphatic carbocycles. The minimum atomic E-state index is 0.0717. The van der Waals surface area contributed by atoms with E-state index in [-0.39, 0.29) is 11.6 Å². The molecule has 4 nitrogen and oxygen atoms in total. The Balaban J connectivity index is 1.71. The Hall–Kier alpha value is -1.52. The maximum atomic E-state index is 5.72. The average molecular weight is 313 g/mol. The molecule has 3 unspecified atom stereocenters. The molecule has 0 aromatic heterocycles. The number of aryl methyl sites for hydroxylation is 1. The minimum absolute atomic E-state index is 0.0717. The van der Waals surface area contributed by atoms with E-state index in [0.717, 1.165) is 24.3 Å². The van der Waals surface area contributed by atoms with E-state index >= 15 is 0 Å². The zero-order valence-electron chi connectivity index (χ0n) is 13.6. The predicted molar refractivity (Wildman–Crippen MR) is 86.8 cm³/mol. The Morgan fingerprint density at radius 2 is 2.04 bits per heavy atom. The molecule has 122 valence electrons. The molecule has 4 heteroatoms. The van der Waals surface area contributed by atoms with Gasteiger partial charge < -0.3 is 14.2 Å². The predicted octanol–water partition coefficient (Wildman–Crippen LogP) is 2.85. The highest BCUT2D eigenvalue weighted by molar-refractivity contribution is 5.53. The number of hydrogen-bond acceptors (Lipinski definition) is 4. The van der Waals surface area contributed by atoms with Crippen molar-refractivity contribution in [1.82, 2.24) is 4.90 Å². The minimum Gasteiger partial charge on any atom is -0.454 e. The number of benzene rings is 1. The molecule has 1 aromatic rings. The molecule has 0 radical (unpaired) electrons. The molecule has 5 rings (SSSR count). The first kappa shape index (κ1) is 13.9. The number of methoxy groups -OCH3 is 1. The fourth-order valence-electron chi connectivity index (χ4n) is 5.14. The number of rotatable bonds is 1. The van der Waals surface area contributed by atoms with Crippen molar-refractivity contribution < 1.29 is 14.2 Å². The van der Waals surface area contributed by atoms with E-state index in [2.05, 4.69) is 29.2 Å². The van der Waals surface area contributed by atoms with Crippen LogP contribution in [-0.2, 0) is 16.7 Å². The lowest BCUT2D eigenvalue weighted by Crippen LogP contribution is -2.48. The standard InChI is InChI=1S/C19H23NO3/c1-21-15-5-4-14-6-8-20-7-2-3-13-9-17-18(23-12-22-17)10-16(13)19(14,20)11-15/h4-5,9-10,14-15H,2-3,6-8,11-12H2,1H3. The van der Waals surface area contributed by atoms with Crippen LogP contribution in [0.5, 0.6) is 11.5 Å². The van der Waals surface area contributed by atoms with Gasteiger partial charge in [0.15, 0.2) is 11.5 Å². The maximum absolute atomic E-state index is 5.72. The van der Waals surface area contributed by atoms with Crippen LogP contribution in [0.25, 0.3) is 0 Å². The highest BCUT2D eigenvalue weighted by Gasteiger charge is 2.53. The van der Waals surface area contributed by atoms with Gasteiger partial charge in [-0.25, -0.2) is 0 Å². The van der Waals surface area contributed by atoms with Gasteiger partial charge in [0.25, 0.3) is 0 Å². The first-order valence-corrected chi connectivity index (χ1v) is 8.70. The molecule has 0 bridgehead atoms. The van der Waals surface area contributed by atoms with Crippen molar-refractivity contribution >= 4 is 0 Å². The summed E-state index contributed by atoms with van der Waals surface area (Å²) in [5, 5.41) is 0. The van der Waals surface area contributed by atoms with Crippen molar-refractivity contribution in [2.75, 3.05) is 27.0 Å². The van der Waals surface area contributed by atoms with Gasteiger partial charge >= 0.3 is 0 Å². The molecule has 0 saturated carbocycles. The van der Waals surface area contributed by atoms with Gasteiger partial charge in [0, 0.05) is 19.4 Å². The van der Waals surface area contributed by atoms with Crippen LogP contribution in [0.1, 0.15) is 30.4 Å². The second-order valence-corrected chi connectivity index (χ2v) is 7.14. The maximum Gasteiger partial charge on any atom is 0.231 e. The Morgan fingerprint density at radius 3 is 2.91 bits per heavy atom. The van der Waals surface area contributed by atoms with E-state index in [1.54, 1.807) is 0 Å². The molecule has 1 aromatic carbocycles. The van der Waals surface area contributed by atoms with Crippen LogP contribution in [0, 0.1) is 5.92 Å². The monoisotopic (exact) mass is 313 g/mol. The second kappa shape index (κ2) is 4.99. The zero-order valence-corrected chi connectivity index (χ0v) is 13.6. The van der Waals surface area contributed by atoms with Crippen LogP contribution < -0.4 is 9.47 Å². The van der Waals surface area contributed by atoms with Crippen LogP contribution in [0.3, 0.4) is 0 Å². The van der Waals surface area contributed by atoms with Gasteiger partial charge in [-0.05, 0) is 55.6 Å². The lowest BCUT2D eigenvalue weighted by atomic mass is 9.70. The Morgan fingerprint density at radius 1 is 1.17 bits per heavy atom. The van der Waals surface area contributed by atoms with Crippen LogP contribution >= 0.6 is 0 Å². The first-order valence-electron chi connectivity index (χ1n) is 8.70. The smallest absolute Gasteiger partial charge is 0.231 e. The van der Waals surface area contributed by atoms with Crippen molar-refractivity contribution in [3.8, 4) is 11.5 Å². The summed E-state index contributed by atoms with van der Waals surface area (Å²) in [5.74, 6) is 2.40.